The van der Waals surface area contributed by atoms with Crippen LogP contribution in [0.4, 0.5) is 10.8 Å². The van der Waals surface area contributed by atoms with Crippen LogP contribution in [-0.2, 0) is 14.3 Å². The summed E-state index contributed by atoms with van der Waals surface area (Å²) in [5, 5.41) is 22.7. The molecular formula is C26H23N3O8S. The monoisotopic (exact) mass is 537 g/mol. The topological polar surface area (TPSA) is 149 Å². The molecule has 0 radical (unpaired) electrons. The number of nitro benzene ring substituents is 1. The number of Topliss-reactive ketones (excluding diaryl/α,β-unsaturated/α-hetero) is 1. The Morgan fingerprint density at radius 1 is 1.16 bits per heavy atom. The average Bonchev–Trinajstić information content (AvgIpc) is 3.41. The largest absolute Gasteiger partial charge is 0.507 e. The van der Waals surface area contributed by atoms with Crippen molar-refractivity contribution in [1.29, 1.82) is 0 Å². The first-order valence-electron chi connectivity index (χ1n) is 11.6. The minimum absolute atomic E-state index is 0.00917. The third-order valence-corrected chi connectivity index (χ3v) is 6.87. The van der Waals surface area contributed by atoms with Crippen molar-refractivity contribution >= 4 is 45.6 Å². The van der Waals surface area contributed by atoms with Crippen LogP contribution in [0.25, 0.3) is 5.76 Å². The van der Waals surface area contributed by atoms with Crippen molar-refractivity contribution in [2.24, 2.45) is 0 Å². The number of hydrogen-bond donors (Lipinski definition) is 1. The van der Waals surface area contributed by atoms with Crippen LogP contribution in [-0.4, -0.2) is 45.9 Å². The molecule has 0 bridgehead atoms. The number of carbonyl (C=O) groups excluding carboxylic acids is 3. The van der Waals surface area contributed by atoms with Gasteiger partial charge in [0.25, 0.3) is 11.5 Å². The molecule has 0 saturated carbocycles. The van der Waals surface area contributed by atoms with Gasteiger partial charge in [-0.05, 0) is 50.6 Å². The number of amides is 1. The summed E-state index contributed by atoms with van der Waals surface area (Å²) in [6.45, 7) is 5.60. The number of aliphatic hydroxyl groups excluding tert-OH is 1. The molecule has 38 heavy (non-hydrogen) atoms. The van der Waals surface area contributed by atoms with Crippen LogP contribution in [0.1, 0.15) is 46.4 Å². The minimum Gasteiger partial charge on any atom is -0.507 e. The van der Waals surface area contributed by atoms with Gasteiger partial charge in [0, 0.05) is 17.7 Å². The van der Waals surface area contributed by atoms with Gasteiger partial charge >= 0.3 is 11.9 Å². The zero-order valence-electron chi connectivity index (χ0n) is 20.7. The SMILES string of the molecule is CCOC(=O)c1sc(N2C(=O)C(=O)/C(=C(/O)c3ccc(OCC)cc3)C2c2cccc([N+](=O)[O-])c2)nc1C. The third-order valence-electron chi connectivity index (χ3n) is 5.73. The number of aromatic nitrogens is 1. The predicted molar refractivity (Wildman–Crippen MR) is 138 cm³/mol. The van der Waals surface area contributed by atoms with Gasteiger partial charge in [0.15, 0.2) is 5.13 Å². The van der Waals surface area contributed by atoms with Crippen molar-refractivity contribution in [2.75, 3.05) is 18.1 Å². The molecule has 3 aromatic rings. The van der Waals surface area contributed by atoms with E-state index in [1.165, 1.54) is 36.4 Å². The summed E-state index contributed by atoms with van der Waals surface area (Å²) in [5.74, 6) is -2.56. The van der Waals surface area contributed by atoms with Crippen molar-refractivity contribution in [3.8, 4) is 5.75 Å². The summed E-state index contributed by atoms with van der Waals surface area (Å²) in [4.78, 5) is 55.4. The van der Waals surface area contributed by atoms with Gasteiger partial charge < -0.3 is 14.6 Å². The summed E-state index contributed by atoms with van der Waals surface area (Å²) < 4.78 is 10.5. The fourth-order valence-corrected chi connectivity index (χ4v) is 5.04. The van der Waals surface area contributed by atoms with E-state index in [-0.39, 0.29) is 44.7 Å². The standard InChI is InChI=1S/C26H23N3O8S/c1-4-36-18-11-9-15(10-12-18)21(30)19-20(16-7-6-8-17(13-16)29(34)35)28(24(32)22(19)31)26-27-14(3)23(38-26)25(33)37-5-2/h6-13,20,30H,4-5H2,1-3H3/b21-19+. The zero-order valence-corrected chi connectivity index (χ0v) is 21.5. The van der Waals surface area contributed by atoms with Crippen molar-refractivity contribution < 1.29 is 33.9 Å². The Morgan fingerprint density at radius 2 is 1.87 bits per heavy atom. The Balaban J connectivity index is 1.91. The molecule has 196 valence electrons. The molecule has 2 aromatic carbocycles. The first-order chi connectivity index (χ1) is 18.2. The number of benzene rings is 2. The molecule has 12 heteroatoms. The lowest BCUT2D eigenvalue weighted by Crippen LogP contribution is -2.29. The van der Waals surface area contributed by atoms with Crippen LogP contribution in [0.2, 0.25) is 0 Å². The molecule has 11 nitrogen and oxygen atoms in total. The van der Waals surface area contributed by atoms with Gasteiger partial charge in [0.1, 0.15) is 16.4 Å². The van der Waals surface area contributed by atoms with Crippen LogP contribution in [0.15, 0.2) is 54.1 Å². The maximum absolute atomic E-state index is 13.3. The van der Waals surface area contributed by atoms with E-state index < -0.39 is 34.4 Å². The number of rotatable bonds is 8. The number of anilines is 1. The number of aliphatic hydroxyl groups is 1. The molecule has 1 aromatic heterocycles. The number of hydrogen-bond acceptors (Lipinski definition) is 10. The van der Waals surface area contributed by atoms with Gasteiger partial charge in [-0.25, -0.2) is 9.78 Å². The van der Waals surface area contributed by atoms with Crippen LogP contribution in [0.3, 0.4) is 0 Å². The first-order valence-corrected chi connectivity index (χ1v) is 12.4. The maximum Gasteiger partial charge on any atom is 0.350 e. The number of carbonyl (C=O) groups is 3. The lowest BCUT2D eigenvalue weighted by molar-refractivity contribution is -0.384. The summed E-state index contributed by atoms with van der Waals surface area (Å²) in [6.07, 6.45) is 0. The summed E-state index contributed by atoms with van der Waals surface area (Å²) >= 11 is 0.849. The molecule has 4 rings (SSSR count). The van der Waals surface area contributed by atoms with Gasteiger partial charge in [-0.1, -0.05) is 23.5 Å². The lowest BCUT2D eigenvalue weighted by Gasteiger charge is -2.22. The Hall–Kier alpha value is -4.58. The second-order valence-corrected chi connectivity index (χ2v) is 9.09. The minimum atomic E-state index is -1.25. The van der Waals surface area contributed by atoms with E-state index in [0.29, 0.717) is 12.4 Å². The van der Waals surface area contributed by atoms with Crippen molar-refractivity contribution in [3.63, 3.8) is 0 Å². The van der Waals surface area contributed by atoms with Gasteiger partial charge in [-0.15, -0.1) is 0 Å². The highest BCUT2D eigenvalue weighted by molar-refractivity contribution is 7.17. The Morgan fingerprint density at radius 3 is 2.50 bits per heavy atom. The molecule has 0 spiro atoms. The van der Waals surface area contributed by atoms with Gasteiger partial charge in [-0.2, -0.15) is 0 Å². The highest BCUT2D eigenvalue weighted by atomic mass is 32.1. The lowest BCUT2D eigenvalue weighted by atomic mass is 9.95. The highest BCUT2D eigenvalue weighted by Gasteiger charge is 2.48. The molecular weight excluding hydrogens is 514 g/mol. The first kappa shape index (κ1) is 26.5. The molecule has 1 amide bonds. The molecule has 1 fully saturated rings. The van der Waals surface area contributed by atoms with E-state index in [4.69, 9.17) is 9.47 Å². The number of nitrogens with zero attached hydrogens (tertiary/aromatic N) is 3. The number of non-ortho nitro benzene ring substituents is 1. The smallest absolute Gasteiger partial charge is 0.350 e. The van der Waals surface area contributed by atoms with Crippen molar-refractivity contribution in [3.05, 3.63) is 85.9 Å². The maximum atomic E-state index is 13.3. The number of ketones is 1. The Kier molecular flexibility index (Phi) is 7.53. The van der Waals surface area contributed by atoms with E-state index in [9.17, 15) is 29.6 Å². The quantitative estimate of drug-likeness (QED) is 0.109. The third kappa shape index (κ3) is 4.85. The van der Waals surface area contributed by atoms with E-state index in [1.54, 1.807) is 26.0 Å². The Bertz CT molecular complexity index is 1460. The molecule has 0 aliphatic carbocycles. The number of ether oxygens (including phenoxy) is 2. The van der Waals surface area contributed by atoms with Crippen LogP contribution >= 0.6 is 11.3 Å². The van der Waals surface area contributed by atoms with Gasteiger partial charge in [0.05, 0.1) is 35.4 Å². The summed E-state index contributed by atoms with van der Waals surface area (Å²) in [6, 6.07) is 10.4. The molecule has 1 N–H and O–H groups in total. The highest BCUT2D eigenvalue weighted by Crippen LogP contribution is 2.44. The number of aryl methyl sites for hydroxylation is 1. The van der Waals surface area contributed by atoms with Crippen LogP contribution < -0.4 is 9.64 Å². The number of thiazole rings is 1. The Labute approximate surface area is 221 Å². The van der Waals surface area contributed by atoms with Gasteiger partial charge in [-0.3, -0.25) is 24.6 Å². The van der Waals surface area contributed by atoms with E-state index >= 15 is 0 Å². The van der Waals surface area contributed by atoms with E-state index in [2.05, 4.69) is 4.98 Å². The molecule has 1 saturated heterocycles. The second-order valence-electron chi connectivity index (χ2n) is 8.11. The van der Waals surface area contributed by atoms with Crippen molar-refractivity contribution in [1.82, 2.24) is 4.98 Å². The predicted octanol–water partition coefficient (Wildman–Crippen LogP) is 4.56. The second kappa shape index (κ2) is 10.8. The fraction of sp³-hybridized carbons (Fsp3) is 0.231. The van der Waals surface area contributed by atoms with E-state index in [1.807, 2.05) is 6.92 Å². The average molecular weight is 538 g/mol. The molecule has 1 aliphatic heterocycles. The summed E-state index contributed by atoms with van der Waals surface area (Å²) in [7, 11) is 0. The molecule has 2 heterocycles. The van der Waals surface area contributed by atoms with E-state index in [0.717, 1.165) is 16.2 Å². The number of esters is 1. The molecule has 1 aliphatic rings. The zero-order chi connectivity index (χ0) is 27.6. The molecule has 1 unspecified atom stereocenters. The van der Waals surface area contributed by atoms with Crippen molar-refractivity contribution in [2.45, 2.75) is 26.8 Å². The van der Waals surface area contributed by atoms with Crippen LogP contribution in [0, 0.1) is 17.0 Å². The molecule has 1 atom stereocenters. The normalized spacial score (nSPS) is 16.5. The van der Waals surface area contributed by atoms with Gasteiger partial charge in [0.2, 0.25) is 0 Å². The summed E-state index contributed by atoms with van der Waals surface area (Å²) in [5.41, 5.74) is 0.192. The fourth-order valence-electron chi connectivity index (χ4n) is 4.06. The van der Waals surface area contributed by atoms with Crippen LogP contribution in [0.5, 0.6) is 5.75 Å². The number of nitro groups is 1.